The summed E-state index contributed by atoms with van der Waals surface area (Å²) in [6, 6.07) is 7.78. The minimum absolute atomic E-state index is 0.157. The number of hydrogen-bond acceptors (Lipinski definition) is 3. The Hall–Kier alpha value is -2.69. The number of carbonyl (C=O) groups is 1. The van der Waals surface area contributed by atoms with E-state index in [9.17, 15) is 4.79 Å². The fourth-order valence-corrected chi connectivity index (χ4v) is 2.63. The molecule has 0 aliphatic heterocycles. The van der Waals surface area contributed by atoms with Gasteiger partial charge in [0, 0.05) is 24.3 Å². The zero-order chi connectivity index (χ0) is 15.9. The average molecular weight is 294 g/mol. The molecule has 0 atom stereocenters. The fourth-order valence-electron chi connectivity index (χ4n) is 2.63. The number of hydrogen-bond donors (Lipinski definition) is 1. The number of nitrogens with zero attached hydrogens (tertiary/aromatic N) is 3. The fraction of sp³-hybridized carbons (Fsp3) is 0.235. The standard InChI is InChI=1S/C17H18N4O/c1-10-6-5-7-11(2)15(10)19-17(22)13-8-14-12(3)20-21(4)16(14)18-9-13/h5-9H,1-4H3,(H,19,22). The molecule has 1 amide bonds. The number of benzene rings is 1. The van der Waals surface area contributed by atoms with Gasteiger partial charge in [0.15, 0.2) is 5.65 Å². The van der Waals surface area contributed by atoms with Crippen molar-refractivity contribution in [1.82, 2.24) is 14.8 Å². The number of rotatable bonds is 2. The van der Waals surface area contributed by atoms with Gasteiger partial charge in [0.05, 0.1) is 11.3 Å². The SMILES string of the molecule is Cc1cccc(C)c1NC(=O)c1cnc2c(c1)c(C)nn2C. The van der Waals surface area contributed by atoms with E-state index in [4.69, 9.17) is 0 Å². The molecule has 3 rings (SSSR count). The first-order valence-electron chi connectivity index (χ1n) is 7.14. The molecule has 0 spiro atoms. The van der Waals surface area contributed by atoms with Crippen LogP contribution in [0.5, 0.6) is 0 Å². The van der Waals surface area contributed by atoms with E-state index in [2.05, 4.69) is 15.4 Å². The van der Waals surface area contributed by atoms with Crippen LogP contribution >= 0.6 is 0 Å². The van der Waals surface area contributed by atoms with Gasteiger partial charge in [0.2, 0.25) is 0 Å². The van der Waals surface area contributed by atoms with Crippen LogP contribution in [0.3, 0.4) is 0 Å². The molecule has 0 saturated heterocycles. The smallest absolute Gasteiger partial charge is 0.257 e. The number of pyridine rings is 1. The van der Waals surface area contributed by atoms with Crippen molar-refractivity contribution in [3.63, 3.8) is 0 Å². The van der Waals surface area contributed by atoms with Crippen molar-refractivity contribution in [2.75, 3.05) is 5.32 Å². The number of carbonyl (C=O) groups excluding carboxylic acids is 1. The third-order valence-corrected chi connectivity index (χ3v) is 3.84. The van der Waals surface area contributed by atoms with Crippen molar-refractivity contribution in [1.29, 1.82) is 0 Å². The molecule has 0 radical (unpaired) electrons. The van der Waals surface area contributed by atoms with Gasteiger partial charge in [-0.05, 0) is 38.0 Å². The highest BCUT2D eigenvalue weighted by atomic mass is 16.1. The van der Waals surface area contributed by atoms with Crippen molar-refractivity contribution < 1.29 is 4.79 Å². The van der Waals surface area contributed by atoms with Crippen molar-refractivity contribution in [3.8, 4) is 0 Å². The Bertz CT molecular complexity index is 859. The summed E-state index contributed by atoms with van der Waals surface area (Å²) in [7, 11) is 1.85. The molecule has 0 fully saturated rings. The maximum absolute atomic E-state index is 12.5. The summed E-state index contributed by atoms with van der Waals surface area (Å²) in [6.07, 6.45) is 1.59. The van der Waals surface area contributed by atoms with Crippen LogP contribution in [-0.2, 0) is 7.05 Å². The van der Waals surface area contributed by atoms with Gasteiger partial charge in [-0.1, -0.05) is 18.2 Å². The quantitative estimate of drug-likeness (QED) is 0.790. The van der Waals surface area contributed by atoms with Crippen LogP contribution in [0, 0.1) is 20.8 Å². The molecular weight excluding hydrogens is 276 g/mol. The highest BCUT2D eigenvalue weighted by Gasteiger charge is 2.13. The number of amides is 1. The van der Waals surface area contributed by atoms with Gasteiger partial charge in [-0.15, -0.1) is 0 Å². The van der Waals surface area contributed by atoms with E-state index in [1.807, 2.05) is 52.1 Å². The van der Waals surface area contributed by atoms with Gasteiger partial charge in [0.1, 0.15) is 0 Å². The Morgan fingerprint density at radius 1 is 1.18 bits per heavy atom. The number of anilines is 1. The lowest BCUT2D eigenvalue weighted by molar-refractivity contribution is 0.102. The number of aromatic nitrogens is 3. The Morgan fingerprint density at radius 2 is 1.86 bits per heavy atom. The maximum atomic E-state index is 12.5. The Labute approximate surface area is 129 Å². The molecule has 1 N–H and O–H groups in total. The van der Waals surface area contributed by atoms with Gasteiger partial charge in [-0.3, -0.25) is 9.48 Å². The minimum atomic E-state index is -0.157. The molecule has 0 unspecified atom stereocenters. The molecule has 0 aliphatic rings. The highest BCUT2D eigenvalue weighted by molar-refractivity contribution is 6.06. The molecular formula is C17H18N4O. The van der Waals surface area contributed by atoms with E-state index in [1.54, 1.807) is 10.9 Å². The predicted octanol–water partition coefficient (Wildman–Crippen LogP) is 3.15. The molecule has 2 heterocycles. The van der Waals surface area contributed by atoms with Crippen LogP contribution in [0.2, 0.25) is 0 Å². The molecule has 2 aromatic heterocycles. The lowest BCUT2D eigenvalue weighted by atomic mass is 10.1. The largest absolute Gasteiger partial charge is 0.321 e. The second-order valence-corrected chi connectivity index (χ2v) is 5.53. The van der Waals surface area contributed by atoms with Crippen molar-refractivity contribution in [2.24, 2.45) is 7.05 Å². The second kappa shape index (κ2) is 5.26. The first-order chi connectivity index (χ1) is 10.5. The molecule has 0 aliphatic carbocycles. The highest BCUT2D eigenvalue weighted by Crippen LogP contribution is 2.21. The number of aryl methyl sites for hydroxylation is 4. The Kier molecular flexibility index (Phi) is 3.41. The first-order valence-corrected chi connectivity index (χ1v) is 7.14. The molecule has 5 heteroatoms. The molecule has 0 bridgehead atoms. The summed E-state index contributed by atoms with van der Waals surface area (Å²) in [5, 5.41) is 8.20. The number of nitrogens with one attached hydrogen (secondary N) is 1. The van der Waals surface area contributed by atoms with Gasteiger partial charge in [-0.25, -0.2) is 4.98 Å². The molecule has 3 aromatic rings. The molecule has 1 aromatic carbocycles. The van der Waals surface area contributed by atoms with Crippen LogP contribution in [0.15, 0.2) is 30.5 Å². The van der Waals surface area contributed by atoms with Crippen LogP contribution < -0.4 is 5.32 Å². The van der Waals surface area contributed by atoms with Crippen LogP contribution in [0.1, 0.15) is 27.2 Å². The summed E-state index contributed by atoms with van der Waals surface area (Å²) in [6.45, 7) is 5.88. The summed E-state index contributed by atoms with van der Waals surface area (Å²) < 4.78 is 1.72. The Balaban J connectivity index is 1.97. The molecule has 0 saturated carbocycles. The maximum Gasteiger partial charge on any atom is 0.257 e. The molecule has 5 nitrogen and oxygen atoms in total. The van der Waals surface area contributed by atoms with Crippen LogP contribution in [0.25, 0.3) is 11.0 Å². The zero-order valence-corrected chi connectivity index (χ0v) is 13.1. The topological polar surface area (TPSA) is 59.8 Å². The van der Waals surface area contributed by atoms with Crippen LogP contribution in [0.4, 0.5) is 5.69 Å². The van der Waals surface area contributed by atoms with Crippen molar-refractivity contribution in [2.45, 2.75) is 20.8 Å². The van der Waals surface area contributed by atoms with E-state index in [-0.39, 0.29) is 5.91 Å². The van der Waals surface area contributed by atoms with Gasteiger partial charge < -0.3 is 5.32 Å². The van der Waals surface area contributed by atoms with Gasteiger partial charge in [0.25, 0.3) is 5.91 Å². The van der Waals surface area contributed by atoms with E-state index >= 15 is 0 Å². The lowest BCUT2D eigenvalue weighted by Gasteiger charge is -2.11. The van der Waals surface area contributed by atoms with Crippen LogP contribution in [-0.4, -0.2) is 20.7 Å². The van der Waals surface area contributed by atoms with Crippen molar-refractivity contribution in [3.05, 3.63) is 52.8 Å². The van der Waals surface area contributed by atoms with E-state index in [0.29, 0.717) is 5.56 Å². The summed E-state index contributed by atoms with van der Waals surface area (Å²) in [4.78, 5) is 16.9. The monoisotopic (exact) mass is 294 g/mol. The minimum Gasteiger partial charge on any atom is -0.321 e. The molecule has 112 valence electrons. The zero-order valence-electron chi connectivity index (χ0n) is 13.1. The third-order valence-electron chi connectivity index (χ3n) is 3.84. The number of fused-ring (bicyclic) bond motifs is 1. The molecule has 22 heavy (non-hydrogen) atoms. The first kappa shape index (κ1) is 14.3. The Morgan fingerprint density at radius 3 is 2.55 bits per heavy atom. The van der Waals surface area contributed by atoms with E-state index in [1.165, 1.54) is 0 Å². The number of para-hydroxylation sites is 1. The predicted molar refractivity (Wildman–Crippen MR) is 87.1 cm³/mol. The van der Waals surface area contributed by atoms with Crippen molar-refractivity contribution >= 4 is 22.6 Å². The van der Waals surface area contributed by atoms with E-state index < -0.39 is 0 Å². The summed E-state index contributed by atoms with van der Waals surface area (Å²) >= 11 is 0. The summed E-state index contributed by atoms with van der Waals surface area (Å²) in [5.41, 5.74) is 5.12. The van der Waals surface area contributed by atoms with E-state index in [0.717, 1.165) is 33.5 Å². The van der Waals surface area contributed by atoms with Gasteiger partial charge in [-0.2, -0.15) is 5.10 Å². The third kappa shape index (κ3) is 2.35. The normalized spacial score (nSPS) is 10.9. The average Bonchev–Trinajstić information content (AvgIpc) is 2.77. The second-order valence-electron chi connectivity index (χ2n) is 5.53. The van der Waals surface area contributed by atoms with Gasteiger partial charge >= 0.3 is 0 Å². The lowest BCUT2D eigenvalue weighted by Crippen LogP contribution is -2.14. The summed E-state index contributed by atoms with van der Waals surface area (Å²) in [5.74, 6) is -0.157.